The van der Waals surface area contributed by atoms with Crippen molar-refractivity contribution in [2.24, 2.45) is 16.3 Å². The minimum absolute atomic E-state index is 0.0580. The van der Waals surface area contributed by atoms with Gasteiger partial charge in [-0.3, -0.25) is 4.79 Å². The first-order chi connectivity index (χ1) is 10.1. The van der Waals surface area contributed by atoms with Gasteiger partial charge in [0.25, 0.3) is 0 Å². The maximum atomic E-state index is 12.6. The molecule has 0 aromatic rings. The summed E-state index contributed by atoms with van der Waals surface area (Å²) in [6.07, 6.45) is 7.04. The SMILES string of the molecule is CC(CN1CCCCC1)NC(=O)C1(C(N)=NO)CCCC1. The molecule has 2 rings (SSSR count). The molecule has 1 amide bonds. The van der Waals surface area contributed by atoms with Crippen molar-refractivity contribution in [2.75, 3.05) is 19.6 Å². The van der Waals surface area contributed by atoms with E-state index >= 15 is 0 Å². The highest BCUT2D eigenvalue weighted by Gasteiger charge is 2.45. The Morgan fingerprint density at radius 2 is 1.90 bits per heavy atom. The first-order valence-electron chi connectivity index (χ1n) is 8.10. The molecule has 1 saturated heterocycles. The lowest BCUT2D eigenvalue weighted by molar-refractivity contribution is -0.128. The monoisotopic (exact) mass is 296 g/mol. The van der Waals surface area contributed by atoms with E-state index in [9.17, 15) is 4.79 Å². The fourth-order valence-electron chi connectivity index (χ4n) is 3.61. The van der Waals surface area contributed by atoms with Gasteiger partial charge in [-0.15, -0.1) is 0 Å². The number of amides is 1. The standard InChI is InChI=1S/C15H28N4O2/c1-12(11-19-9-5-2-6-10-19)17-14(20)15(13(16)18-21)7-3-4-8-15/h12,21H,2-11H2,1H3,(H2,16,18)(H,17,20). The fourth-order valence-corrected chi connectivity index (χ4v) is 3.61. The second-order valence-corrected chi connectivity index (χ2v) is 6.51. The molecule has 1 unspecified atom stereocenters. The smallest absolute Gasteiger partial charge is 0.234 e. The van der Waals surface area contributed by atoms with Crippen molar-refractivity contribution in [2.45, 2.75) is 57.9 Å². The minimum Gasteiger partial charge on any atom is -0.409 e. The number of rotatable bonds is 5. The highest BCUT2D eigenvalue weighted by molar-refractivity contribution is 6.07. The Kier molecular flexibility index (Phi) is 5.45. The maximum absolute atomic E-state index is 12.6. The average Bonchev–Trinajstić information content (AvgIpc) is 2.98. The zero-order valence-corrected chi connectivity index (χ0v) is 13.0. The predicted octanol–water partition coefficient (Wildman–Crippen LogP) is 1.28. The number of hydrogen-bond acceptors (Lipinski definition) is 4. The van der Waals surface area contributed by atoms with Crippen molar-refractivity contribution in [3.8, 4) is 0 Å². The zero-order chi connectivity index (χ0) is 15.3. The van der Waals surface area contributed by atoms with E-state index in [1.54, 1.807) is 0 Å². The van der Waals surface area contributed by atoms with Crippen LogP contribution in [0.4, 0.5) is 0 Å². The van der Waals surface area contributed by atoms with Gasteiger partial charge in [0.2, 0.25) is 5.91 Å². The molecule has 2 fully saturated rings. The summed E-state index contributed by atoms with van der Waals surface area (Å²) in [7, 11) is 0. The molecule has 1 aliphatic heterocycles. The molecule has 2 aliphatic rings. The third kappa shape index (κ3) is 3.67. The van der Waals surface area contributed by atoms with Crippen LogP contribution in [0.25, 0.3) is 0 Å². The summed E-state index contributed by atoms with van der Waals surface area (Å²) in [6.45, 7) is 5.14. The number of amidine groups is 1. The first-order valence-corrected chi connectivity index (χ1v) is 8.10. The van der Waals surface area contributed by atoms with E-state index in [0.717, 1.165) is 32.5 Å². The summed E-state index contributed by atoms with van der Waals surface area (Å²) in [5, 5.41) is 15.2. The molecule has 21 heavy (non-hydrogen) atoms. The number of carbonyl (C=O) groups is 1. The Morgan fingerprint density at radius 1 is 1.29 bits per heavy atom. The second kappa shape index (κ2) is 7.11. The lowest BCUT2D eigenvalue weighted by Crippen LogP contribution is -2.52. The van der Waals surface area contributed by atoms with Gasteiger partial charge < -0.3 is 21.2 Å². The molecule has 6 nitrogen and oxygen atoms in total. The summed E-state index contributed by atoms with van der Waals surface area (Å²) in [4.78, 5) is 15.0. The molecule has 0 aromatic carbocycles. The lowest BCUT2D eigenvalue weighted by atomic mass is 9.83. The molecule has 0 aromatic heterocycles. The van der Waals surface area contributed by atoms with Crippen LogP contribution in [0.1, 0.15) is 51.9 Å². The third-order valence-corrected chi connectivity index (χ3v) is 4.85. The highest BCUT2D eigenvalue weighted by Crippen LogP contribution is 2.38. The van der Waals surface area contributed by atoms with E-state index in [4.69, 9.17) is 10.9 Å². The molecule has 120 valence electrons. The zero-order valence-electron chi connectivity index (χ0n) is 13.0. The van der Waals surface area contributed by atoms with Crippen molar-refractivity contribution in [1.82, 2.24) is 10.2 Å². The van der Waals surface area contributed by atoms with Crippen LogP contribution < -0.4 is 11.1 Å². The Labute approximate surface area is 126 Å². The highest BCUT2D eigenvalue weighted by atomic mass is 16.4. The predicted molar refractivity (Wildman–Crippen MR) is 82.2 cm³/mol. The summed E-state index contributed by atoms with van der Waals surface area (Å²) in [6, 6.07) is 0.0829. The Balaban J connectivity index is 1.92. The number of hydrogen-bond donors (Lipinski definition) is 3. The Hall–Kier alpha value is -1.30. The average molecular weight is 296 g/mol. The number of carbonyl (C=O) groups excluding carboxylic acids is 1. The molecule has 1 saturated carbocycles. The lowest BCUT2D eigenvalue weighted by Gasteiger charge is -2.32. The van der Waals surface area contributed by atoms with Gasteiger partial charge in [0, 0.05) is 12.6 Å². The van der Waals surface area contributed by atoms with E-state index in [1.165, 1.54) is 19.3 Å². The van der Waals surface area contributed by atoms with E-state index < -0.39 is 5.41 Å². The van der Waals surface area contributed by atoms with Gasteiger partial charge in [-0.25, -0.2) is 0 Å². The normalized spacial score (nSPS) is 24.7. The van der Waals surface area contributed by atoms with Crippen molar-refractivity contribution in [1.29, 1.82) is 0 Å². The van der Waals surface area contributed by atoms with Crippen LogP contribution in [-0.2, 0) is 4.79 Å². The fraction of sp³-hybridized carbons (Fsp3) is 0.867. The van der Waals surface area contributed by atoms with Gasteiger partial charge in [0.15, 0.2) is 5.84 Å². The van der Waals surface area contributed by atoms with E-state index in [-0.39, 0.29) is 17.8 Å². The van der Waals surface area contributed by atoms with Gasteiger partial charge >= 0.3 is 0 Å². The number of nitrogens with two attached hydrogens (primary N) is 1. The van der Waals surface area contributed by atoms with Gasteiger partial charge in [-0.2, -0.15) is 0 Å². The van der Waals surface area contributed by atoms with Crippen LogP contribution in [-0.4, -0.2) is 47.5 Å². The second-order valence-electron chi connectivity index (χ2n) is 6.51. The summed E-state index contributed by atoms with van der Waals surface area (Å²) >= 11 is 0. The molecule has 0 spiro atoms. The number of nitrogens with one attached hydrogen (secondary N) is 1. The van der Waals surface area contributed by atoms with Crippen molar-refractivity contribution in [3.05, 3.63) is 0 Å². The first kappa shape index (κ1) is 16.1. The van der Waals surface area contributed by atoms with Gasteiger partial charge in [0.1, 0.15) is 5.41 Å². The van der Waals surface area contributed by atoms with Crippen molar-refractivity contribution >= 4 is 11.7 Å². The molecule has 6 heteroatoms. The van der Waals surface area contributed by atoms with Gasteiger partial charge in [-0.1, -0.05) is 24.4 Å². The molecular weight excluding hydrogens is 268 g/mol. The summed E-state index contributed by atoms with van der Waals surface area (Å²) < 4.78 is 0. The van der Waals surface area contributed by atoms with Gasteiger partial charge in [-0.05, 0) is 45.7 Å². The largest absolute Gasteiger partial charge is 0.409 e. The van der Waals surface area contributed by atoms with Crippen LogP contribution in [0.2, 0.25) is 0 Å². The summed E-state index contributed by atoms with van der Waals surface area (Å²) in [5.41, 5.74) is 5.00. The van der Waals surface area contributed by atoms with E-state index in [1.807, 2.05) is 6.92 Å². The third-order valence-electron chi connectivity index (χ3n) is 4.85. The van der Waals surface area contributed by atoms with Crippen LogP contribution >= 0.6 is 0 Å². The topological polar surface area (TPSA) is 91.0 Å². The number of piperidine rings is 1. The Morgan fingerprint density at radius 3 is 2.48 bits per heavy atom. The molecule has 1 heterocycles. The van der Waals surface area contributed by atoms with Crippen LogP contribution in [0.5, 0.6) is 0 Å². The molecule has 4 N–H and O–H groups in total. The van der Waals surface area contributed by atoms with Gasteiger partial charge in [0.05, 0.1) is 0 Å². The minimum atomic E-state index is -0.801. The Bertz CT molecular complexity index is 385. The van der Waals surface area contributed by atoms with Crippen LogP contribution in [0.15, 0.2) is 5.16 Å². The molecule has 0 radical (unpaired) electrons. The number of oxime groups is 1. The molecule has 1 atom stereocenters. The van der Waals surface area contributed by atoms with Crippen molar-refractivity contribution < 1.29 is 10.0 Å². The van der Waals surface area contributed by atoms with Crippen LogP contribution in [0.3, 0.4) is 0 Å². The summed E-state index contributed by atoms with van der Waals surface area (Å²) in [5.74, 6) is -0.0255. The molecular formula is C15H28N4O2. The van der Waals surface area contributed by atoms with Crippen molar-refractivity contribution in [3.63, 3.8) is 0 Å². The molecule has 1 aliphatic carbocycles. The maximum Gasteiger partial charge on any atom is 0.234 e. The molecule has 0 bridgehead atoms. The quantitative estimate of drug-likeness (QED) is 0.308. The van der Waals surface area contributed by atoms with E-state index in [2.05, 4.69) is 15.4 Å². The number of nitrogens with zero attached hydrogens (tertiary/aromatic N) is 2. The number of likely N-dealkylation sites (tertiary alicyclic amines) is 1. The van der Waals surface area contributed by atoms with E-state index in [0.29, 0.717) is 12.8 Å². The van der Waals surface area contributed by atoms with Crippen LogP contribution in [0, 0.1) is 5.41 Å².